The summed E-state index contributed by atoms with van der Waals surface area (Å²) in [5.74, 6) is -0.362. The van der Waals surface area contributed by atoms with Crippen LogP contribution in [0.15, 0.2) is 0 Å². The maximum atomic E-state index is 11.7. The zero-order valence-corrected chi connectivity index (χ0v) is 15.3. The molecule has 0 aliphatic carbocycles. The molecule has 0 aromatic carbocycles. The van der Waals surface area contributed by atoms with Gasteiger partial charge in [0.15, 0.2) is 0 Å². The molecule has 5 nitrogen and oxygen atoms in total. The molecule has 0 aromatic heterocycles. The monoisotopic (exact) mass is 329 g/mol. The molecule has 0 saturated heterocycles. The molecule has 0 saturated carbocycles. The van der Waals surface area contributed by atoms with E-state index in [0.717, 1.165) is 12.8 Å². The molecule has 0 radical (unpaired) electrons. The van der Waals surface area contributed by atoms with Crippen LogP contribution in [-0.4, -0.2) is 43.3 Å². The second-order valence-corrected chi connectivity index (χ2v) is 5.76. The Morgan fingerprint density at radius 1 is 0.783 bits per heavy atom. The van der Waals surface area contributed by atoms with Crippen LogP contribution in [0.2, 0.25) is 0 Å². The lowest BCUT2D eigenvalue weighted by atomic mass is 10.1. The lowest BCUT2D eigenvalue weighted by Crippen LogP contribution is -2.36. The average Bonchev–Trinajstić information content (AvgIpc) is 2.54. The number of carbonyl (C=O) groups excluding carboxylic acids is 2. The van der Waals surface area contributed by atoms with Gasteiger partial charge in [-0.15, -0.1) is 0 Å². The molecule has 0 heterocycles. The van der Waals surface area contributed by atoms with Gasteiger partial charge < -0.3 is 9.47 Å². The highest BCUT2D eigenvalue weighted by molar-refractivity contribution is 5.78. The molecule has 0 fully saturated rings. The quantitative estimate of drug-likeness (QED) is 0.347. The fourth-order valence-electron chi connectivity index (χ4n) is 2.32. The standard InChI is InChI=1S/C18H35NO4/c1-4-7-8-9-10-11-12-13-14-15-23-17(20)16-19(5-2)18(21)22-6-3/h4-16H2,1-3H3. The molecule has 23 heavy (non-hydrogen) atoms. The first-order chi connectivity index (χ1) is 11.2. The van der Waals surface area contributed by atoms with E-state index in [2.05, 4.69) is 6.92 Å². The summed E-state index contributed by atoms with van der Waals surface area (Å²) in [6.45, 7) is 6.93. The first kappa shape index (κ1) is 21.7. The van der Waals surface area contributed by atoms with E-state index < -0.39 is 6.09 Å². The molecule has 0 aliphatic rings. The lowest BCUT2D eigenvalue weighted by Gasteiger charge is -2.18. The van der Waals surface area contributed by atoms with Crippen molar-refractivity contribution in [1.29, 1.82) is 0 Å². The van der Waals surface area contributed by atoms with Crippen LogP contribution >= 0.6 is 0 Å². The summed E-state index contributed by atoms with van der Waals surface area (Å²) in [7, 11) is 0. The predicted octanol–water partition coefficient (Wildman–Crippen LogP) is 4.54. The molecule has 0 unspecified atom stereocenters. The van der Waals surface area contributed by atoms with Crippen LogP contribution in [0.3, 0.4) is 0 Å². The third-order valence-electron chi connectivity index (χ3n) is 3.74. The van der Waals surface area contributed by atoms with Gasteiger partial charge in [-0.1, -0.05) is 58.3 Å². The Balaban J connectivity index is 3.53. The Hall–Kier alpha value is -1.26. The summed E-state index contributed by atoms with van der Waals surface area (Å²) in [4.78, 5) is 24.6. The maximum Gasteiger partial charge on any atom is 0.410 e. The fourth-order valence-corrected chi connectivity index (χ4v) is 2.32. The summed E-state index contributed by atoms with van der Waals surface area (Å²) in [5.41, 5.74) is 0. The van der Waals surface area contributed by atoms with E-state index in [9.17, 15) is 9.59 Å². The van der Waals surface area contributed by atoms with Gasteiger partial charge >= 0.3 is 12.1 Å². The zero-order chi connectivity index (χ0) is 17.3. The predicted molar refractivity (Wildman–Crippen MR) is 92.5 cm³/mol. The summed E-state index contributed by atoms with van der Waals surface area (Å²) < 4.78 is 10.1. The number of likely N-dealkylation sites (N-methyl/N-ethyl adjacent to an activating group) is 1. The van der Waals surface area contributed by atoms with Crippen LogP contribution in [0.25, 0.3) is 0 Å². The molecule has 0 N–H and O–H groups in total. The highest BCUT2D eigenvalue weighted by Gasteiger charge is 2.16. The molecule has 5 heteroatoms. The smallest absolute Gasteiger partial charge is 0.410 e. The molecule has 0 rings (SSSR count). The molecule has 0 bridgehead atoms. The summed E-state index contributed by atoms with van der Waals surface area (Å²) in [6.07, 6.45) is 10.6. The minimum absolute atomic E-state index is 0.0350. The Morgan fingerprint density at radius 3 is 1.87 bits per heavy atom. The second-order valence-electron chi connectivity index (χ2n) is 5.76. The third-order valence-corrected chi connectivity index (χ3v) is 3.74. The molecule has 1 amide bonds. The Bertz CT molecular complexity index is 307. The summed E-state index contributed by atoms with van der Waals surface area (Å²) in [5, 5.41) is 0. The van der Waals surface area contributed by atoms with Crippen LogP contribution in [0.4, 0.5) is 4.79 Å². The van der Waals surface area contributed by atoms with Gasteiger partial charge in [0.2, 0.25) is 0 Å². The SMILES string of the molecule is CCCCCCCCCCCOC(=O)CN(CC)C(=O)OCC. The first-order valence-electron chi connectivity index (χ1n) is 9.22. The molecule has 0 aromatic rings. The fraction of sp³-hybridized carbons (Fsp3) is 0.889. The zero-order valence-electron chi connectivity index (χ0n) is 15.3. The number of rotatable bonds is 14. The number of ether oxygens (including phenoxy) is 2. The first-order valence-corrected chi connectivity index (χ1v) is 9.22. The number of hydrogen-bond acceptors (Lipinski definition) is 4. The van der Waals surface area contributed by atoms with Crippen LogP contribution in [0, 0.1) is 0 Å². The van der Waals surface area contributed by atoms with Crippen molar-refractivity contribution in [2.75, 3.05) is 26.3 Å². The molecular weight excluding hydrogens is 294 g/mol. The topological polar surface area (TPSA) is 55.8 Å². The van der Waals surface area contributed by atoms with Crippen LogP contribution in [0.1, 0.15) is 78.6 Å². The molecule has 136 valence electrons. The summed E-state index contributed by atoms with van der Waals surface area (Å²) >= 11 is 0. The van der Waals surface area contributed by atoms with Gasteiger partial charge in [-0.05, 0) is 20.3 Å². The van der Waals surface area contributed by atoms with Gasteiger partial charge in [0.05, 0.1) is 13.2 Å². The van der Waals surface area contributed by atoms with Crippen molar-refractivity contribution >= 4 is 12.1 Å². The van der Waals surface area contributed by atoms with Crippen molar-refractivity contribution in [3.8, 4) is 0 Å². The minimum atomic E-state index is -0.463. The van der Waals surface area contributed by atoms with E-state index in [0.29, 0.717) is 19.8 Å². The van der Waals surface area contributed by atoms with Crippen molar-refractivity contribution in [2.45, 2.75) is 78.6 Å². The van der Waals surface area contributed by atoms with Gasteiger partial charge in [0.1, 0.15) is 6.54 Å². The van der Waals surface area contributed by atoms with Crippen molar-refractivity contribution in [3.05, 3.63) is 0 Å². The average molecular weight is 329 g/mol. The number of esters is 1. The number of carbonyl (C=O) groups is 2. The van der Waals surface area contributed by atoms with Gasteiger partial charge in [-0.2, -0.15) is 0 Å². The maximum absolute atomic E-state index is 11.7. The van der Waals surface area contributed by atoms with Crippen molar-refractivity contribution in [2.24, 2.45) is 0 Å². The van der Waals surface area contributed by atoms with E-state index >= 15 is 0 Å². The van der Waals surface area contributed by atoms with Crippen LogP contribution in [-0.2, 0) is 14.3 Å². The van der Waals surface area contributed by atoms with Gasteiger partial charge in [0, 0.05) is 6.54 Å². The highest BCUT2D eigenvalue weighted by atomic mass is 16.6. The largest absolute Gasteiger partial charge is 0.464 e. The molecule has 0 aliphatic heterocycles. The number of amides is 1. The Labute approximate surface area is 141 Å². The molecule has 0 atom stereocenters. The van der Waals surface area contributed by atoms with Crippen LogP contribution in [0.5, 0.6) is 0 Å². The second kappa shape index (κ2) is 15.6. The number of unbranched alkanes of at least 4 members (excludes halogenated alkanes) is 8. The van der Waals surface area contributed by atoms with E-state index in [1.807, 2.05) is 6.92 Å². The summed E-state index contributed by atoms with van der Waals surface area (Å²) in [6, 6.07) is 0. The van der Waals surface area contributed by atoms with Crippen LogP contribution < -0.4 is 0 Å². The van der Waals surface area contributed by atoms with Crippen molar-refractivity contribution < 1.29 is 19.1 Å². The molecular formula is C18H35NO4. The Kier molecular flexibility index (Phi) is 14.8. The van der Waals surface area contributed by atoms with Gasteiger partial charge in [0.25, 0.3) is 0 Å². The normalized spacial score (nSPS) is 10.4. The van der Waals surface area contributed by atoms with Gasteiger partial charge in [-0.25, -0.2) is 4.79 Å². The highest BCUT2D eigenvalue weighted by Crippen LogP contribution is 2.09. The number of nitrogens with zero attached hydrogens (tertiary/aromatic N) is 1. The molecule has 0 spiro atoms. The van der Waals surface area contributed by atoms with E-state index in [1.165, 1.54) is 49.8 Å². The van der Waals surface area contributed by atoms with Gasteiger partial charge in [-0.3, -0.25) is 9.69 Å². The van der Waals surface area contributed by atoms with E-state index in [4.69, 9.17) is 9.47 Å². The van der Waals surface area contributed by atoms with Crippen molar-refractivity contribution in [3.63, 3.8) is 0 Å². The third kappa shape index (κ3) is 12.9. The van der Waals surface area contributed by atoms with E-state index in [-0.39, 0.29) is 12.5 Å². The van der Waals surface area contributed by atoms with E-state index in [1.54, 1.807) is 6.92 Å². The Morgan fingerprint density at radius 2 is 1.35 bits per heavy atom. The lowest BCUT2D eigenvalue weighted by molar-refractivity contribution is -0.144. The number of hydrogen-bond donors (Lipinski definition) is 0. The van der Waals surface area contributed by atoms with Crippen molar-refractivity contribution in [1.82, 2.24) is 4.90 Å². The minimum Gasteiger partial charge on any atom is -0.464 e.